The van der Waals surface area contributed by atoms with Crippen LogP contribution < -0.4 is 15.4 Å². The highest BCUT2D eigenvalue weighted by Crippen LogP contribution is 2.19. The molecule has 4 N–H and O–H groups in total. The van der Waals surface area contributed by atoms with E-state index in [2.05, 4.69) is 10.6 Å². The predicted octanol–water partition coefficient (Wildman–Crippen LogP) is 1.34. The molecule has 0 spiro atoms. The van der Waals surface area contributed by atoms with Crippen molar-refractivity contribution in [2.75, 3.05) is 26.3 Å². The maximum atomic E-state index is 12.9. The van der Waals surface area contributed by atoms with E-state index in [1.165, 1.54) is 4.90 Å². The van der Waals surface area contributed by atoms with Crippen molar-refractivity contribution in [3.05, 3.63) is 29.8 Å². The molecule has 1 aliphatic rings. The zero-order valence-corrected chi connectivity index (χ0v) is 21.7. The molecule has 1 aliphatic heterocycles. The number of likely N-dealkylation sites (tertiary alicyclic amines) is 1. The standard InChI is InChI=1S/C26H41N3O7/c1-5-35-26(34)22(28-18(4)24(31)29-13-7-10-23(29)25(32)33)12-11-19-8-6-9-21(14-19)36-16-20(30)15-27-17(2)3/h6,8-9,14,17-18,20,22-23,27-28,30H,5,7,10-13,15-16H2,1-4H3,(H,32,33)/t18-,20?,22?,23-/m0/s1. The van der Waals surface area contributed by atoms with Crippen LogP contribution in [0.5, 0.6) is 5.75 Å². The highest BCUT2D eigenvalue weighted by molar-refractivity contribution is 5.88. The Labute approximate surface area is 213 Å². The Morgan fingerprint density at radius 2 is 1.97 bits per heavy atom. The molecule has 0 aromatic heterocycles. The Balaban J connectivity index is 1.97. The van der Waals surface area contributed by atoms with E-state index >= 15 is 0 Å². The van der Waals surface area contributed by atoms with E-state index < -0.39 is 36.2 Å². The molecule has 1 aromatic carbocycles. The number of aliphatic hydroxyl groups is 1. The molecule has 202 valence electrons. The van der Waals surface area contributed by atoms with Crippen molar-refractivity contribution in [3.8, 4) is 5.75 Å². The van der Waals surface area contributed by atoms with E-state index in [0.717, 1.165) is 5.56 Å². The summed E-state index contributed by atoms with van der Waals surface area (Å²) in [6.07, 6.45) is 1.33. The van der Waals surface area contributed by atoms with Crippen LogP contribution in [0.15, 0.2) is 24.3 Å². The fraction of sp³-hybridized carbons (Fsp3) is 0.654. The maximum Gasteiger partial charge on any atom is 0.326 e. The summed E-state index contributed by atoms with van der Waals surface area (Å²) in [4.78, 5) is 38.4. The number of hydrogen-bond acceptors (Lipinski definition) is 8. The molecule has 10 nitrogen and oxygen atoms in total. The van der Waals surface area contributed by atoms with Crippen molar-refractivity contribution in [3.63, 3.8) is 0 Å². The molecule has 0 saturated carbocycles. The number of carbonyl (C=O) groups excluding carboxylic acids is 2. The van der Waals surface area contributed by atoms with E-state index in [1.807, 2.05) is 38.1 Å². The summed E-state index contributed by atoms with van der Waals surface area (Å²) >= 11 is 0. The van der Waals surface area contributed by atoms with Gasteiger partial charge in [0.25, 0.3) is 0 Å². The molecule has 1 heterocycles. The molecule has 4 atom stereocenters. The Hall–Kier alpha value is -2.69. The number of hydrogen-bond donors (Lipinski definition) is 4. The average Bonchev–Trinajstić information content (AvgIpc) is 3.34. The van der Waals surface area contributed by atoms with Crippen LogP contribution in [0.3, 0.4) is 0 Å². The lowest BCUT2D eigenvalue weighted by Crippen LogP contribution is -2.53. The lowest BCUT2D eigenvalue weighted by Gasteiger charge is -2.27. The number of ether oxygens (including phenoxy) is 2. The maximum absolute atomic E-state index is 12.9. The highest BCUT2D eigenvalue weighted by atomic mass is 16.5. The van der Waals surface area contributed by atoms with Crippen LogP contribution in [0, 0.1) is 0 Å². The molecule has 1 fully saturated rings. The second kappa shape index (κ2) is 14.8. The van der Waals surface area contributed by atoms with Crippen molar-refractivity contribution in [2.24, 2.45) is 0 Å². The van der Waals surface area contributed by atoms with Gasteiger partial charge in [0.2, 0.25) is 5.91 Å². The van der Waals surface area contributed by atoms with Gasteiger partial charge in [-0.25, -0.2) is 4.79 Å². The Morgan fingerprint density at radius 3 is 2.64 bits per heavy atom. The monoisotopic (exact) mass is 507 g/mol. The van der Waals surface area contributed by atoms with Gasteiger partial charge >= 0.3 is 11.9 Å². The van der Waals surface area contributed by atoms with Gasteiger partial charge in [0.05, 0.1) is 12.6 Å². The SMILES string of the molecule is CCOC(=O)C(CCc1cccc(OCC(O)CNC(C)C)c1)N[C@@H](C)C(=O)N1CCC[C@H]1C(=O)O. The molecule has 2 rings (SSSR count). The largest absolute Gasteiger partial charge is 0.491 e. The summed E-state index contributed by atoms with van der Waals surface area (Å²) in [5.41, 5.74) is 0.933. The van der Waals surface area contributed by atoms with Crippen molar-refractivity contribution >= 4 is 17.8 Å². The number of carboxylic acid groups (broad SMARTS) is 1. The van der Waals surface area contributed by atoms with Crippen molar-refractivity contribution in [1.82, 2.24) is 15.5 Å². The van der Waals surface area contributed by atoms with E-state index in [0.29, 0.717) is 44.5 Å². The number of amides is 1. The first-order chi connectivity index (χ1) is 17.1. The minimum atomic E-state index is -1.01. The van der Waals surface area contributed by atoms with Gasteiger partial charge in [-0.1, -0.05) is 26.0 Å². The third-order valence-electron chi connectivity index (χ3n) is 6.04. The number of aliphatic hydroxyl groups excluding tert-OH is 1. The van der Waals surface area contributed by atoms with Gasteiger partial charge in [-0.2, -0.15) is 0 Å². The van der Waals surface area contributed by atoms with Crippen LogP contribution in [-0.4, -0.2) is 89.5 Å². The van der Waals surface area contributed by atoms with Gasteiger partial charge in [0.15, 0.2) is 0 Å². The molecule has 1 amide bonds. The quantitative estimate of drug-likeness (QED) is 0.259. The number of aliphatic carboxylic acids is 1. The smallest absolute Gasteiger partial charge is 0.326 e. The molecular formula is C26H41N3O7. The van der Waals surface area contributed by atoms with Gasteiger partial charge < -0.3 is 29.9 Å². The van der Waals surface area contributed by atoms with E-state index in [4.69, 9.17) is 9.47 Å². The minimum absolute atomic E-state index is 0.156. The lowest BCUT2D eigenvalue weighted by atomic mass is 10.0. The van der Waals surface area contributed by atoms with Crippen LogP contribution in [0.4, 0.5) is 0 Å². The summed E-state index contributed by atoms with van der Waals surface area (Å²) in [6, 6.07) is 5.41. The minimum Gasteiger partial charge on any atom is -0.491 e. The number of carbonyl (C=O) groups is 3. The van der Waals surface area contributed by atoms with Crippen molar-refractivity contribution in [2.45, 2.75) is 83.6 Å². The van der Waals surface area contributed by atoms with Gasteiger partial charge in [-0.15, -0.1) is 0 Å². The fourth-order valence-electron chi connectivity index (χ4n) is 4.15. The molecule has 2 unspecified atom stereocenters. The van der Waals surface area contributed by atoms with E-state index in [-0.39, 0.29) is 25.2 Å². The average molecular weight is 508 g/mol. The van der Waals surface area contributed by atoms with Crippen molar-refractivity contribution in [1.29, 1.82) is 0 Å². The summed E-state index contributed by atoms with van der Waals surface area (Å²) in [5, 5.41) is 25.7. The highest BCUT2D eigenvalue weighted by Gasteiger charge is 2.37. The Morgan fingerprint density at radius 1 is 1.22 bits per heavy atom. The van der Waals surface area contributed by atoms with Crippen LogP contribution in [0.25, 0.3) is 0 Å². The second-order valence-corrected chi connectivity index (χ2v) is 9.43. The normalized spacial score (nSPS) is 18.1. The van der Waals surface area contributed by atoms with Crippen LogP contribution in [-0.2, 0) is 25.5 Å². The molecule has 36 heavy (non-hydrogen) atoms. The van der Waals surface area contributed by atoms with E-state index in [1.54, 1.807) is 13.8 Å². The molecule has 1 saturated heterocycles. The number of nitrogens with zero attached hydrogens (tertiary/aromatic N) is 1. The summed E-state index contributed by atoms with van der Waals surface area (Å²) < 4.78 is 10.9. The number of rotatable bonds is 15. The molecule has 10 heteroatoms. The zero-order chi connectivity index (χ0) is 26.7. The van der Waals surface area contributed by atoms with Gasteiger partial charge in [-0.3, -0.25) is 14.9 Å². The summed E-state index contributed by atoms with van der Waals surface area (Å²) in [5.74, 6) is -1.19. The Bertz CT molecular complexity index is 864. The van der Waals surface area contributed by atoms with Gasteiger partial charge in [-0.05, 0) is 57.2 Å². The first kappa shape index (κ1) is 29.5. The second-order valence-electron chi connectivity index (χ2n) is 9.43. The van der Waals surface area contributed by atoms with Crippen LogP contribution in [0.2, 0.25) is 0 Å². The van der Waals surface area contributed by atoms with Gasteiger partial charge in [0, 0.05) is 19.1 Å². The number of esters is 1. The topological polar surface area (TPSA) is 137 Å². The van der Waals surface area contributed by atoms with Gasteiger partial charge in [0.1, 0.15) is 30.5 Å². The zero-order valence-electron chi connectivity index (χ0n) is 21.7. The molecule has 0 aliphatic carbocycles. The first-order valence-electron chi connectivity index (χ1n) is 12.7. The first-order valence-corrected chi connectivity index (χ1v) is 12.7. The number of carboxylic acids is 1. The predicted molar refractivity (Wildman–Crippen MR) is 135 cm³/mol. The molecule has 1 aromatic rings. The molecule has 0 bridgehead atoms. The molecular weight excluding hydrogens is 466 g/mol. The van der Waals surface area contributed by atoms with Crippen molar-refractivity contribution < 1.29 is 34.1 Å². The molecule has 0 radical (unpaired) electrons. The number of aryl methyl sites for hydroxylation is 1. The summed E-state index contributed by atoms with van der Waals surface area (Å²) in [6.45, 7) is 8.56. The fourth-order valence-corrected chi connectivity index (χ4v) is 4.15. The third-order valence-corrected chi connectivity index (χ3v) is 6.04. The third kappa shape index (κ3) is 9.40. The number of nitrogens with one attached hydrogen (secondary N) is 2. The lowest BCUT2D eigenvalue weighted by molar-refractivity contribution is -0.150. The Kier molecular flexibility index (Phi) is 12.1. The van der Waals surface area contributed by atoms with E-state index in [9.17, 15) is 24.6 Å². The number of benzene rings is 1. The summed E-state index contributed by atoms with van der Waals surface area (Å²) in [7, 11) is 0. The van der Waals surface area contributed by atoms with Crippen LogP contribution in [0.1, 0.15) is 52.5 Å². The van der Waals surface area contributed by atoms with Crippen LogP contribution >= 0.6 is 0 Å².